The van der Waals surface area contributed by atoms with Gasteiger partial charge in [0.1, 0.15) is 11.5 Å². The lowest BCUT2D eigenvalue weighted by atomic mass is 9.96. The van der Waals surface area contributed by atoms with E-state index in [0.29, 0.717) is 5.56 Å². The summed E-state index contributed by atoms with van der Waals surface area (Å²) in [6, 6.07) is 6.75. The summed E-state index contributed by atoms with van der Waals surface area (Å²) >= 11 is 0. The van der Waals surface area contributed by atoms with Gasteiger partial charge in [0.2, 0.25) is 0 Å². The first kappa shape index (κ1) is 15.5. The van der Waals surface area contributed by atoms with E-state index in [0.717, 1.165) is 11.1 Å². The molecule has 3 heteroatoms. The highest BCUT2D eigenvalue weighted by atomic mass is 19.1. The predicted molar refractivity (Wildman–Crippen MR) is 83.8 cm³/mol. The summed E-state index contributed by atoms with van der Waals surface area (Å²) in [5.41, 5.74) is 4.94. The molecule has 0 radical (unpaired) electrons. The normalized spacial score (nSPS) is 12.3. The fourth-order valence-electron chi connectivity index (χ4n) is 2.53. The molecule has 21 heavy (non-hydrogen) atoms. The molecule has 2 aromatic rings. The summed E-state index contributed by atoms with van der Waals surface area (Å²) in [5.74, 6) is -1.09. The SMILES string of the molecule is Cc1cc(C)c(C(C)Nc2c(F)ccc(C)c2F)cc1C. The molecule has 0 aliphatic rings. The zero-order valence-electron chi connectivity index (χ0n) is 13.1. The van der Waals surface area contributed by atoms with E-state index in [1.807, 2.05) is 20.8 Å². The lowest BCUT2D eigenvalue weighted by Crippen LogP contribution is -2.12. The smallest absolute Gasteiger partial charge is 0.152 e. The molecule has 0 aliphatic carbocycles. The topological polar surface area (TPSA) is 12.0 Å². The molecule has 2 rings (SSSR count). The van der Waals surface area contributed by atoms with E-state index < -0.39 is 11.6 Å². The van der Waals surface area contributed by atoms with Crippen molar-refractivity contribution in [1.82, 2.24) is 0 Å². The summed E-state index contributed by atoms with van der Waals surface area (Å²) < 4.78 is 27.9. The van der Waals surface area contributed by atoms with E-state index in [4.69, 9.17) is 0 Å². The zero-order valence-corrected chi connectivity index (χ0v) is 13.1. The van der Waals surface area contributed by atoms with E-state index in [9.17, 15) is 8.78 Å². The van der Waals surface area contributed by atoms with Crippen LogP contribution in [0.15, 0.2) is 24.3 Å². The third-order valence-electron chi connectivity index (χ3n) is 3.99. The lowest BCUT2D eigenvalue weighted by molar-refractivity contribution is 0.578. The molecule has 0 spiro atoms. The summed E-state index contributed by atoms with van der Waals surface area (Å²) in [6.45, 7) is 9.66. The molecule has 1 nitrogen and oxygen atoms in total. The number of rotatable bonds is 3. The van der Waals surface area contributed by atoms with Crippen molar-refractivity contribution in [3.05, 3.63) is 63.7 Å². The average Bonchev–Trinajstić information content (AvgIpc) is 2.43. The fourth-order valence-corrected chi connectivity index (χ4v) is 2.53. The van der Waals surface area contributed by atoms with Crippen LogP contribution in [0.5, 0.6) is 0 Å². The van der Waals surface area contributed by atoms with Gasteiger partial charge in [-0.3, -0.25) is 0 Å². The third kappa shape index (κ3) is 3.07. The van der Waals surface area contributed by atoms with E-state index in [2.05, 4.69) is 24.4 Å². The molecule has 0 heterocycles. The lowest BCUT2D eigenvalue weighted by Gasteiger charge is -2.20. The minimum absolute atomic E-state index is 0.0554. The molecule has 0 fully saturated rings. The summed E-state index contributed by atoms with van der Waals surface area (Å²) in [4.78, 5) is 0. The zero-order chi connectivity index (χ0) is 15.7. The van der Waals surface area contributed by atoms with Crippen molar-refractivity contribution in [3.8, 4) is 0 Å². The first-order valence-corrected chi connectivity index (χ1v) is 7.10. The number of hydrogen-bond donors (Lipinski definition) is 1. The second-order valence-corrected chi connectivity index (χ2v) is 5.71. The van der Waals surface area contributed by atoms with Gasteiger partial charge in [-0.05, 0) is 68.5 Å². The second-order valence-electron chi connectivity index (χ2n) is 5.71. The van der Waals surface area contributed by atoms with Gasteiger partial charge in [0, 0.05) is 6.04 Å². The maximum Gasteiger partial charge on any atom is 0.152 e. The van der Waals surface area contributed by atoms with Gasteiger partial charge in [0.05, 0.1) is 0 Å². The van der Waals surface area contributed by atoms with Crippen molar-refractivity contribution in [1.29, 1.82) is 0 Å². The predicted octanol–water partition coefficient (Wildman–Crippen LogP) is 5.37. The van der Waals surface area contributed by atoms with Gasteiger partial charge in [-0.25, -0.2) is 8.78 Å². The van der Waals surface area contributed by atoms with Crippen molar-refractivity contribution in [2.45, 2.75) is 40.7 Å². The van der Waals surface area contributed by atoms with Crippen LogP contribution in [0.4, 0.5) is 14.5 Å². The molecule has 0 saturated heterocycles. The number of halogens is 2. The van der Waals surface area contributed by atoms with Crippen LogP contribution < -0.4 is 5.32 Å². The standard InChI is InChI=1S/C18H21F2N/c1-10-6-7-16(19)18(17(10)20)21-14(5)15-9-12(3)11(2)8-13(15)4/h6-9,14,21H,1-5H3. The Kier molecular flexibility index (Phi) is 4.31. The van der Waals surface area contributed by atoms with Gasteiger partial charge in [-0.2, -0.15) is 0 Å². The average molecular weight is 289 g/mol. The molecular weight excluding hydrogens is 268 g/mol. The highest BCUT2D eigenvalue weighted by molar-refractivity contribution is 5.51. The molecule has 0 saturated carbocycles. The Morgan fingerprint density at radius 1 is 0.857 bits per heavy atom. The Hall–Kier alpha value is -1.90. The van der Waals surface area contributed by atoms with Gasteiger partial charge in [0.25, 0.3) is 0 Å². The Morgan fingerprint density at radius 2 is 1.48 bits per heavy atom. The van der Waals surface area contributed by atoms with Crippen molar-refractivity contribution in [3.63, 3.8) is 0 Å². The highest BCUT2D eigenvalue weighted by Gasteiger charge is 2.16. The minimum atomic E-state index is -0.563. The number of aryl methyl sites for hydroxylation is 4. The molecular formula is C18H21F2N. The fraction of sp³-hybridized carbons (Fsp3) is 0.333. The molecule has 112 valence electrons. The van der Waals surface area contributed by atoms with Gasteiger partial charge in [-0.1, -0.05) is 18.2 Å². The molecule has 1 N–H and O–H groups in total. The molecule has 0 aromatic heterocycles. The molecule has 0 aliphatic heterocycles. The molecule has 0 bridgehead atoms. The van der Waals surface area contributed by atoms with E-state index >= 15 is 0 Å². The maximum absolute atomic E-state index is 14.1. The first-order chi connectivity index (χ1) is 9.81. The molecule has 2 aromatic carbocycles. The van der Waals surface area contributed by atoms with Gasteiger partial charge in [-0.15, -0.1) is 0 Å². The minimum Gasteiger partial charge on any atom is -0.374 e. The van der Waals surface area contributed by atoms with Crippen molar-refractivity contribution in [2.75, 3.05) is 5.32 Å². The molecule has 1 unspecified atom stereocenters. The van der Waals surface area contributed by atoms with E-state index in [1.54, 1.807) is 6.92 Å². The van der Waals surface area contributed by atoms with Crippen LogP contribution in [0.1, 0.15) is 40.8 Å². The van der Waals surface area contributed by atoms with E-state index in [-0.39, 0.29) is 11.7 Å². The maximum atomic E-state index is 14.1. The Bertz CT molecular complexity index is 677. The van der Waals surface area contributed by atoms with Crippen LogP contribution in [-0.2, 0) is 0 Å². The number of nitrogens with one attached hydrogen (secondary N) is 1. The van der Waals surface area contributed by atoms with Crippen LogP contribution in [-0.4, -0.2) is 0 Å². The van der Waals surface area contributed by atoms with Gasteiger partial charge in [0.15, 0.2) is 5.82 Å². The highest BCUT2D eigenvalue weighted by Crippen LogP contribution is 2.28. The Balaban J connectivity index is 2.37. The molecule has 1 atom stereocenters. The largest absolute Gasteiger partial charge is 0.374 e. The van der Waals surface area contributed by atoms with Crippen molar-refractivity contribution >= 4 is 5.69 Å². The van der Waals surface area contributed by atoms with Crippen molar-refractivity contribution < 1.29 is 8.78 Å². The first-order valence-electron chi connectivity index (χ1n) is 7.10. The number of hydrogen-bond acceptors (Lipinski definition) is 1. The van der Waals surface area contributed by atoms with Crippen LogP contribution in [0, 0.1) is 39.3 Å². The van der Waals surface area contributed by atoms with Crippen LogP contribution in [0.25, 0.3) is 0 Å². The Morgan fingerprint density at radius 3 is 2.14 bits per heavy atom. The monoisotopic (exact) mass is 289 g/mol. The quantitative estimate of drug-likeness (QED) is 0.800. The van der Waals surface area contributed by atoms with E-state index in [1.165, 1.54) is 23.3 Å². The van der Waals surface area contributed by atoms with Crippen LogP contribution in [0.2, 0.25) is 0 Å². The summed E-state index contributed by atoms with van der Waals surface area (Å²) in [7, 11) is 0. The number of benzene rings is 2. The van der Waals surface area contributed by atoms with Crippen LogP contribution in [0.3, 0.4) is 0 Å². The summed E-state index contributed by atoms with van der Waals surface area (Å²) in [5, 5.41) is 2.97. The van der Waals surface area contributed by atoms with Gasteiger partial charge >= 0.3 is 0 Å². The second kappa shape index (κ2) is 5.84. The van der Waals surface area contributed by atoms with Gasteiger partial charge < -0.3 is 5.32 Å². The summed E-state index contributed by atoms with van der Waals surface area (Å²) in [6.07, 6.45) is 0. The number of anilines is 1. The third-order valence-corrected chi connectivity index (χ3v) is 3.99. The Labute approximate surface area is 125 Å². The van der Waals surface area contributed by atoms with Crippen LogP contribution >= 0.6 is 0 Å². The molecule has 0 amide bonds. The van der Waals surface area contributed by atoms with Crippen molar-refractivity contribution in [2.24, 2.45) is 0 Å².